The maximum atomic E-state index is 11.3. The second-order valence-electron chi connectivity index (χ2n) is 5.07. The second-order valence-corrected chi connectivity index (χ2v) is 5.07. The minimum atomic E-state index is -0.968. The second kappa shape index (κ2) is 7.33. The molecule has 0 aliphatic rings. The molecule has 6 heteroatoms. The van der Waals surface area contributed by atoms with E-state index in [0.29, 0.717) is 19.3 Å². The van der Waals surface area contributed by atoms with Crippen LogP contribution in [0.1, 0.15) is 40.0 Å². The number of aliphatic carboxylic acids is 1. The lowest BCUT2D eigenvalue weighted by atomic mass is 9.92. The fraction of sp³-hybridized carbons (Fsp3) is 0.833. The van der Waals surface area contributed by atoms with Gasteiger partial charge in [0.05, 0.1) is 6.04 Å². The Balaban J connectivity index is 4.37. The van der Waals surface area contributed by atoms with Gasteiger partial charge in [0.2, 0.25) is 5.91 Å². The molecule has 0 bridgehead atoms. The Morgan fingerprint density at radius 3 is 2.28 bits per heavy atom. The van der Waals surface area contributed by atoms with Crippen molar-refractivity contribution in [3.63, 3.8) is 0 Å². The third-order valence-electron chi connectivity index (χ3n) is 2.94. The molecule has 5 N–H and O–H groups in total. The molecule has 0 fully saturated rings. The van der Waals surface area contributed by atoms with Crippen molar-refractivity contribution < 1.29 is 14.7 Å². The highest BCUT2D eigenvalue weighted by Crippen LogP contribution is 2.16. The Bertz CT molecular complexity index is 294. The van der Waals surface area contributed by atoms with E-state index >= 15 is 0 Å². The Morgan fingerprint density at radius 2 is 1.94 bits per heavy atom. The molecule has 0 spiro atoms. The number of carboxylic acid groups (broad SMARTS) is 1. The van der Waals surface area contributed by atoms with Gasteiger partial charge in [-0.3, -0.25) is 14.9 Å². The highest BCUT2D eigenvalue weighted by atomic mass is 16.4. The van der Waals surface area contributed by atoms with Gasteiger partial charge in [-0.25, -0.2) is 0 Å². The van der Waals surface area contributed by atoms with Crippen LogP contribution < -0.4 is 16.4 Å². The standard InChI is InChI=1S/C12H25N3O3/c1-8(2)15-12(3,11(17)18)7-5-6-9(14-4)10(13)16/h8-9,14-15H,5-7H2,1-4H3,(H2,13,16)(H,17,18). The molecular formula is C12H25N3O3. The number of carboxylic acids is 1. The number of rotatable bonds is 9. The fourth-order valence-corrected chi connectivity index (χ4v) is 1.97. The topological polar surface area (TPSA) is 104 Å². The first kappa shape index (κ1) is 16.9. The first-order chi connectivity index (χ1) is 8.23. The van der Waals surface area contributed by atoms with Crippen molar-refractivity contribution in [3.05, 3.63) is 0 Å². The molecule has 0 aromatic carbocycles. The van der Waals surface area contributed by atoms with Gasteiger partial charge < -0.3 is 16.2 Å². The van der Waals surface area contributed by atoms with E-state index in [9.17, 15) is 14.7 Å². The summed E-state index contributed by atoms with van der Waals surface area (Å²) in [6.07, 6.45) is 1.59. The lowest BCUT2D eigenvalue weighted by Crippen LogP contribution is -2.52. The molecule has 0 saturated heterocycles. The maximum absolute atomic E-state index is 11.3. The number of primary amides is 1. The van der Waals surface area contributed by atoms with Crippen LogP contribution in [-0.2, 0) is 9.59 Å². The van der Waals surface area contributed by atoms with Gasteiger partial charge in [0, 0.05) is 6.04 Å². The van der Waals surface area contributed by atoms with Crippen molar-refractivity contribution in [1.82, 2.24) is 10.6 Å². The predicted octanol–water partition coefficient (Wildman–Crippen LogP) is 0.0713. The van der Waals surface area contributed by atoms with E-state index in [1.807, 2.05) is 13.8 Å². The van der Waals surface area contributed by atoms with Gasteiger partial charge in [-0.15, -0.1) is 0 Å². The van der Waals surface area contributed by atoms with Crippen LogP contribution in [0.25, 0.3) is 0 Å². The third kappa shape index (κ3) is 5.46. The summed E-state index contributed by atoms with van der Waals surface area (Å²) in [7, 11) is 1.66. The van der Waals surface area contributed by atoms with E-state index in [1.165, 1.54) is 0 Å². The summed E-state index contributed by atoms with van der Waals surface area (Å²) in [5, 5.41) is 15.1. The van der Waals surface area contributed by atoms with E-state index in [4.69, 9.17) is 5.73 Å². The highest BCUT2D eigenvalue weighted by molar-refractivity contribution is 5.80. The summed E-state index contributed by atoms with van der Waals surface area (Å²) in [6, 6.07) is -0.315. The smallest absolute Gasteiger partial charge is 0.323 e. The predicted molar refractivity (Wildman–Crippen MR) is 70.2 cm³/mol. The Hall–Kier alpha value is -1.14. The highest BCUT2D eigenvalue weighted by Gasteiger charge is 2.33. The van der Waals surface area contributed by atoms with Crippen molar-refractivity contribution >= 4 is 11.9 Å². The van der Waals surface area contributed by atoms with Crippen LogP contribution >= 0.6 is 0 Å². The molecule has 106 valence electrons. The Labute approximate surface area is 108 Å². The number of hydrogen-bond donors (Lipinski definition) is 4. The van der Waals surface area contributed by atoms with Crippen LogP contribution in [0.3, 0.4) is 0 Å². The molecule has 0 rings (SSSR count). The maximum Gasteiger partial charge on any atom is 0.323 e. The van der Waals surface area contributed by atoms with Crippen LogP contribution in [0.4, 0.5) is 0 Å². The molecule has 2 atom stereocenters. The molecule has 0 aromatic rings. The van der Waals surface area contributed by atoms with Gasteiger partial charge in [-0.1, -0.05) is 0 Å². The normalized spacial score (nSPS) is 16.3. The lowest BCUT2D eigenvalue weighted by Gasteiger charge is -2.29. The molecule has 0 aliphatic carbocycles. The lowest BCUT2D eigenvalue weighted by molar-refractivity contribution is -0.144. The van der Waals surface area contributed by atoms with E-state index in [2.05, 4.69) is 10.6 Å². The number of amides is 1. The van der Waals surface area contributed by atoms with Gasteiger partial charge in [0.25, 0.3) is 0 Å². The van der Waals surface area contributed by atoms with Crippen molar-refractivity contribution in [1.29, 1.82) is 0 Å². The zero-order chi connectivity index (χ0) is 14.3. The van der Waals surface area contributed by atoms with Gasteiger partial charge in [-0.05, 0) is 47.1 Å². The summed E-state index contributed by atoms with van der Waals surface area (Å²) < 4.78 is 0. The Morgan fingerprint density at radius 1 is 1.39 bits per heavy atom. The third-order valence-corrected chi connectivity index (χ3v) is 2.94. The number of hydrogen-bond acceptors (Lipinski definition) is 4. The van der Waals surface area contributed by atoms with E-state index in [-0.39, 0.29) is 6.04 Å². The molecular weight excluding hydrogens is 234 g/mol. The number of carbonyl (C=O) groups excluding carboxylic acids is 1. The molecule has 0 aromatic heterocycles. The first-order valence-electron chi connectivity index (χ1n) is 6.20. The largest absolute Gasteiger partial charge is 0.480 e. The summed E-state index contributed by atoms with van der Waals surface area (Å²) in [5.41, 5.74) is 4.24. The zero-order valence-corrected chi connectivity index (χ0v) is 11.6. The van der Waals surface area contributed by atoms with Gasteiger partial charge in [0.15, 0.2) is 0 Å². The summed E-state index contributed by atoms with van der Waals surface area (Å²) in [4.78, 5) is 22.3. The molecule has 2 unspecified atom stereocenters. The minimum Gasteiger partial charge on any atom is -0.480 e. The zero-order valence-electron chi connectivity index (χ0n) is 11.6. The average Bonchev–Trinajstić information content (AvgIpc) is 2.22. The van der Waals surface area contributed by atoms with Crippen LogP contribution in [-0.4, -0.2) is 41.7 Å². The molecule has 1 amide bonds. The molecule has 0 radical (unpaired) electrons. The first-order valence-corrected chi connectivity index (χ1v) is 6.20. The van der Waals surface area contributed by atoms with E-state index < -0.39 is 23.5 Å². The fourth-order valence-electron chi connectivity index (χ4n) is 1.97. The summed E-state index contributed by atoms with van der Waals surface area (Å²) in [6.45, 7) is 5.47. The van der Waals surface area contributed by atoms with Gasteiger partial charge in [-0.2, -0.15) is 0 Å². The number of nitrogens with one attached hydrogen (secondary N) is 2. The summed E-state index contributed by atoms with van der Waals surface area (Å²) in [5.74, 6) is -1.29. The van der Waals surface area contributed by atoms with Crippen LogP contribution in [0, 0.1) is 0 Å². The van der Waals surface area contributed by atoms with Crippen molar-refractivity contribution in [2.24, 2.45) is 5.73 Å². The molecule has 18 heavy (non-hydrogen) atoms. The van der Waals surface area contributed by atoms with Gasteiger partial charge in [0.1, 0.15) is 5.54 Å². The average molecular weight is 259 g/mol. The monoisotopic (exact) mass is 259 g/mol. The Kier molecular flexibility index (Phi) is 6.86. The van der Waals surface area contributed by atoms with Crippen LogP contribution in [0.2, 0.25) is 0 Å². The summed E-state index contributed by atoms with van der Waals surface area (Å²) >= 11 is 0. The van der Waals surface area contributed by atoms with Gasteiger partial charge >= 0.3 is 5.97 Å². The quantitative estimate of drug-likeness (QED) is 0.469. The van der Waals surface area contributed by atoms with E-state index in [0.717, 1.165) is 0 Å². The number of carbonyl (C=O) groups is 2. The molecule has 0 aliphatic heterocycles. The number of nitrogens with two attached hydrogens (primary N) is 1. The molecule has 0 saturated carbocycles. The van der Waals surface area contributed by atoms with Crippen molar-refractivity contribution in [2.75, 3.05) is 7.05 Å². The molecule has 0 heterocycles. The van der Waals surface area contributed by atoms with Crippen molar-refractivity contribution in [3.8, 4) is 0 Å². The SMILES string of the molecule is CNC(CCCC(C)(NC(C)C)C(=O)O)C(N)=O. The van der Waals surface area contributed by atoms with Crippen LogP contribution in [0.5, 0.6) is 0 Å². The van der Waals surface area contributed by atoms with Crippen LogP contribution in [0.15, 0.2) is 0 Å². The number of likely N-dealkylation sites (N-methyl/N-ethyl adjacent to an activating group) is 1. The minimum absolute atomic E-state index is 0.0855. The molecule has 6 nitrogen and oxygen atoms in total. The van der Waals surface area contributed by atoms with E-state index in [1.54, 1.807) is 14.0 Å². The van der Waals surface area contributed by atoms with Crippen molar-refractivity contribution in [2.45, 2.75) is 57.7 Å².